The number of hydrogen-bond donors (Lipinski definition) is 2. The molecule has 3 aromatic rings. The van der Waals surface area contributed by atoms with E-state index in [4.69, 9.17) is 4.74 Å². The first-order valence-corrected chi connectivity index (χ1v) is 11.0. The van der Waals surface area contributed by atoms with Crippen LogP contribution in [0.25, 0.3) is 11.6 Å². The summed E-state index contributed by atoms with van der Waals surface area (Å²) in [6.07, 6.45) is 2.77. The zero-order valence-electron chi connectivity index (χ0n) is 18.4. The van der Waals surface area contributed by atoms with Gasteiger partial charge in [-0.25, -0.2) is 4.98 Å². The van der Waals surface area contributed by atoms with E-state index >= 15 is 0 Å². The lowest BCUT2D eigenvalue weighted by atomic mass is 9.93. The van der Waals surface area contributed by atoms with Crippen molar-refractivity contribution in [3.63, 3.8) is 0 Å². The number of aliphatic imine (C=N–C) groups is 1. The predicted octanol–water partition coefficient (Wildman–Crippen LogP) is 3.86. The van der Waals surface area contributed by atoms with Gasteiger partial charge in [-0.1, -0.05) is 20.8 Å². The molecule has 2 aromatic heterocycles. The third-order valence-electron chi connectivity index (χ3n) is 4.81. The highest BCUT2D eigenvalue weighted by atomic mass is 32.1. The molecule has 1 aliphatic rings. The fraction of sp³-hybridized carbons (Fsp3) is 0.429. The Kier molecular flexibility index (Phi) is 5.81. The van der Waals surface area contributed by atoms with Gasteiger partial charge in [0.2, 0.25) is 11.6 Å². The summed E-state index contributed by atoms with van der Waals surface area (Å²) in [6, 6.07) is 4.03. The topological polar surface area (TPSA) is 110 Å². The van der Waals surface area contributed by atoms with Gasteiger partial charge in [0.25, 0.3) is 5.19 Å². The molecule has 2 N–H and O–H groups in total. The summed E-state index contributed by atoms with van der Waals surface area (Å²) in [6.45, 7) is 12.0. The van der Waals surface area contributed by atoms with E-state index in [2.05, 4.69) is 60.9 Å². The van der Waals surface area contributed by atoms with Crippen LogP contribution in [0.15, 0.2) is 23.3 Å². The molecule has 0 unspecified atom stereocenters. The molecule has 0 aliphatic carbocycles. The molecule has 0 fully saturated rings. The van der Waals surface area contributed by atoms with Crippen LogP contribution in [0.3, 0.4) is 0 Å². The molecule has 0 spiro atoms. The Labute approximate surface area is 185 Å². The third-order valence-corrected chi connectivity index (χ3v) is 5.40. The van der Waals surface area contributed by atoms with Crippen molar-refractivity contribution in [1.82, 2.24) is 29.9 Å². The predicted molar refractivity (Wildman–Crippen MR) is 122 cm³/mol. The maximum Gasteiger partial charge on any atom is 0.299 e. The summed E-state index contributed by atoms with van der Waals surface area (Å²) in [5, 5.41) is 15.5. The van der Waals surface area contributed by atoms with E-state index in [0.717, 1.165) is 65.3 Å². The van der Waals surface area contributed by atoms with Crippen LogP contribution in [0, 0.1) is 13.8 Å². The molecule has 0 bridgehead atoms. The van der Waals surface area contributed by atoms with Gasteiger partial charge < -0.3 is 15.4 Å². The summed E-state index contributed by atoms with van der Waals surface area (Å²) >= 11 is 1.16. The lowest BCUT2D eigenvalue weighted by molar-refractivity contribution is 0.475. The van der Waals surface area contributed by atoms with Gasteiger partial charge >= 0.3 is 0 Å². The second kappa shape index (κ2) is 8.54. The number of guanidine groups is 1. The third kappa shape index (κ3) is 4.96. The van der Waals surface area contributed by atoms with E-state index in [0.29, 0.717) is 16.8 Å². The van der Waals surface area contributed by atoms with Crippen LogP contribution >= 0.6 is 11.5 Å². The van der Waals surface area contributed by atoms with E-state index < -0.39 is 0 Å². The number of nitrogens with one attached hydrogen (secondary N) is 2. The van der Waals surface area contributed by atoms with Crippen molar-refractivity contribution in [2.24, 2.45) is 4.99 Å². The molecule has 0 amide bonds. The average Bonchev–Trinajstić information content (AvgIpc) is 3.20. The normalized spacial score (nSPS) is 14.0. The number of aromatic nitrogens is 5. The molecule has 162 valence electrons. The molecule has 4 rings (SSSR count). The number of nitrogens with zero attached hydrogens (tertiary/aromatic N) is 6. The number of hydrogen-bond acceptors (Lipinski definition) is 10. The fourth-order valence-corrected chi connectivity index (χ4v) is 3.48. The summed E-state index contributed by atoms with van der Waals surface area (Å²) in [4.78, 5) is 13.3. The van der Waals surface area contributed by atoms with Crippen molar-refractivity contribution >= 4 is 23.2 Å². The van der Waals surface area contributed by atoms with Crippen LogP contribution in [-0.4, -0.2) is 43.6 Å². The van der Waals surface area contributed by atoms with Crippen LogP contribution in [0.2, 0.25) is 0 Å². The quantitative estimate of drug-likeness (QED) is 0.632. The Morgan fingerprint density at radius 2 is 1.94 bits per heavy atom. The van der Waals surface area contributed by atoms with Gasteiger partial charge in [-0.2, -0.15) is 14.5 Å². The number of benzene rings is 1. The summed E-state index contributed by atoms with van der Waals surface area (Å²) in [5.41, 5.74) is 3.73. The lowest BCUT2D eigenvalue weighted by Gasteiger charge is -2.18. The van der Waals surface area contributed by atoms with Gasteiger partial charge in [-0.15, -0.1) is 5.10 Å². The number of anilines is 1. The Morgan fingerprint density at radius 3 is 2.61 bits per heavy atom. The van der Waals surface area contributed by atoms with Gasteiger partial charge in [0, 0.05) is 35.7 Å². The number of ether oxygens (including phenoxy) is 1. The molecule has 1 aliphatic heterocycles. The minimum Gasteiger partial charge on any atom is -0.430 e. The van der Waals surface area contributed by atoms with Gasteiger partial charge in [0.05, 0.1) is 11.9 Å². The van der Waals surface area contributed by atoms with Crippen molar-refractivity contribution in [1.29, 1.82) is 0 Å². The Morgan fingerprint density at radius 1 is 1.10 bits per heavy atom. The van der Waals surface area contributed by atoms with Crippen molar-refractivity contribution in [2.75, 3.05) is 18.4 Å². The van der Waals surface area contributed by atoms with E-state index in [1.165, 1.54) is 0 Å². The summed E-state index contributed by atoms with van der Waals surface area (Å²) in [7, 11) is 0. The lowest BCUT2D eigenvalue weighted by Crippen LogP contribution is -2.35. The number of aryl methyl sites for hydroxylation is 2. The summed E-state index contributed by atoms with van der Waals surface area (Å²) < 4.78 is 10.3. The zero-order valence-corrected chi connectivity index (χ0v) is 19.2. The average molecular weight is 439 g/mol. The summed E-state index contributed by atoms with van der Waals surface area (Å²) in [5.74, 6) is 2.32. The molecule has 0 saturated heterocycles. The second-order valence-electron chi connectivity index (χ2n) is 8.47. The minimum absolute atomic E-state index is 0.113. The van der Waals surface area contributed by atoms with Crippen LogP contribution in [0.5, 0.6) is 10.9 Å². The van der Waals surface area contributed by atoms with Gasteiger partial charge in [0.1, 0.15) is 5.75 Å². The second-order valence-corrected chi connectivity index (χ2v) is 9.19. The van der Waals surface area contributed by atoms with Crippen LogP contribution in [0.4, 0.5) is 5.69 Å². The Bertz CT molecular complexity index is 1100. The van der Waals surface area contributed by atoms with Crippen LogP contribution < -0.4 is 15.4 Å². The Balaban J connectivity index is 1.49. The molecule has 3 heterocycles. The molecule has 31 heavy (non-hydrogen) atoms. The van der Waals surface area contributed by atoms with E-state index in [-0.39, 0.29) is 5.41 Å². The maximum absolute atomic E-state index is 6.01. The largest absolute Gasteiger partial charge is 0.430 e. The van der Waals surface area contributed by atoms with Crippen molar-refractivity contribution in [3.05, 3.63) is 35.2 Å². The molecule has 0 saturated carbocycles. The molecule has 10 heteroatoms. The van der Waals surface area contributed by atoms with Crippen LogP contribution in [0.1, 0.15) is 44.0 Å². The Hall–Kier alpha value is -3.14. The standard InChI is InChI=1S/C21H26N8OS/c1-12-10-15(13(2)9-14(12)25-19-22-7-6-8-23-19)30-20-26-18(29-31-20)17-24-11-16(27-28-17)21(3,4)5/h9-11H,6-8H2,1-5H3,(H2,22,23,25). The van der Waals surface area contributed by atoms with Gasteiger partial charge in [0.15, 0.2) is 5.96 Å². The SMILES string of the molecule is Cc1cc(Oc2nc(-c3ncc(C(C)(C)C)nn3)ns2)c(C)cc1NC1=NCCCN1. The van der Waals surface area contributed by atoms with Crippen molar-refractivity contribution in [2.45, 2.75) is 46.5 Å². The highest BCUT2D eigenvalue weighted by Gasteiger charge is 2.19. The first-order valence-electron chi connectivity index (χ1n) is 10.2. The first-order chi connectivity index (χ1) is 14.8. The molecule has 0 radical (unpaired) electrons. The molecular weight excluding hydrogens is 412 g/mol. The zero-order chi connectivity index (χ0) is 22.0. The van der Waals surface area contributed by atoms with Crippen LogP contribution in [-0.2, 0) is 5.41 Å². The van der Waals surface area contributed by atoms with Crippen molar-refractivity contribution in [3.8, 4) is 22.6 Å². The highest BCUT2D eigenvalue weighted by molar-refractivity contribution is 7.07. The van der Waals surface area contributed by atoms with E-state index in [1.807, 2.05) is 26.0 Å². The number of rotatable bonds is 4. The van der Waals surface area contributed by atoms with E-state index in [1.54, 1.807) is 6.20 Å². The minimum atomic E-state index is -0.113. The highest BCUT2D eigenvalue weighted by Crippen LogP contribution is 2.32. The van der Waals surface area contributed by atoms with Gasteiger partial charge in [-0.3, -0.25) is 4.99 Å². The first kappa shape index (κ1) is 21.1. The van der Waals surface area contributed by atoms with E-state index in [9.17, 15) is 0 Å². The van der Waals surface area contributed by atoms with Gasteiger partial charge in [-0.05, 0) is 43.5 Å². The molecular formula is C21H26N8OS. The monoisotopic (exact) mass is 438 g/mol. The fourth-order valence-electron chi connectivity index (χ4n) is 2.94. The molecule has 9 nitrogen and oxygen atoms in total. The molecule has 0 atom stereocenters. The maximum atomic E-state index is 6.01. The molecule has 1 aromatic carbocycles. The smallest absolute Gasteiger partial charge is 0.299 e. The van der Waals surface area contributed by atoms with Crippen molar-refractivity contribution < 1.29 is 4.74 Å².